The second kappa shape index (κ2) is 12.2. The molecule has 0 aliphatic heterocycles. The number of ether oxygens (including phenoxy) is 3. The van der Waals surface area contributed by atoms with Crippen LogP contribution in [0.2, 0.25) is 0 Å². The molecule has 0 spiro atoms. The molecule has 3 aromatic rings. The molecule has 0 aliphatic rings. The molecular formula is C26H30N2O6S. The van der Waals surface area contributed by atoms with E-state index in [9.17, 15) is 13.2 Å². The second-order valence-corrected chi connectivity index (χ2v) is 9.71. The van der Waals surface area contributed by atoms with Crippen molar-refractivity contribution in [3.63, 3.8) is 0 Å². The normalized spacial score (nSPS) is 11.1. The fourth-order valence-electron chi connectivity index (χ4n) is 3.40. The van der Waals surface area contributed by atoms with Gasteiger partial charge in [0, 0.05) is 18.2 Å². The molecule has 1 N–H and O–H groups in total. The van der Waals surface area contributed by atoms with E-state index in [4.69, 9.17) is 14.2 Å². The molecule has 0 bridgehead atoms. The summed E-state index contributed by atoms with van der Waals surface area (Å²) in [6.07, 6.45) is 1.13. The average molecular weight is 499 g/mol. The predicted molar refractivity (Wildman–Crippen MR) is 135 cm³/mol. The topological polar surface area (TPSA) is 94.2 Å². The zero-order valence-corrected chi connectivity index (χ0v) is 20.9. The number of hydrogen-bond donors (Lipinski definition) is 1. The van der Waals surface area contributed by atoms with Gasteiger partial charge in [-0.25, -0.2) is 8.42 Å². The summed E-state index contributed by atoms with van der Waals surface area (Å²) in [6.45, 7) is 1.33. The number of anilines is 1. The maximum absolute atomic E-state index is 12.6. The largest absolute Gasteiger partial charge is 0.497 e. The van der Waals surface area contributed by atoms with Gasteiger partial charge in [0.2, 0.25) is 10.0 Å². The van der Waals surface area contributed by atoms with Crippen LogP contribution in [0, 0.1) is 0 Å². The van der Waals surface area contributed by atoms with Crippen LogP contribution < -0.4 is 19.1 Å². The maximum Gasteiger partial charge on any atom is 0.251 e. The van der Waals surface area contributed by atoms with E-state index >= 15 is 0 Å². The van der Waals surface area contributed by atoms with Crippen LogP contribution in [-0.4, -0.2) is 48.0 Å². The molecule has 0 aromatic heterocycles. The summed E-state index contributed by atoms with van der Waals surface area (Å²) in [4.78, 5) is 12.4. The Hall–Kier alpha value is -3.56. The predicted octanol–water partition coefficient (Wildman–Crippen LogP) is 3.62. The van der Waals surface area contributed by atoms with Gasteiger partial charge in [-0.05, 0) is 35.4 Å². The molecule has 9 heteroatoms. The van der Waals surface area contributed by atoms with Crippen molar-refractivity contribution in [2.75, 3.05) is 37.9 Å². The number of hydrogen-bond acceptors (Lipinski definition) is 6. The summed E-state index contributed by atoms with van der Waals surface area (Å²) in [6, 6.07) is 21.6. The number of carbonyl (C=O) groups excluding carboxylic acids is 1. The molecule has 35 heavy (non-hydrogen) atoms. The Morgan fingerprint density at radius 1 is 0.914 bits per heavy atom. The van der Waals surface area contributed by atoms with Crippen LogP contribution >= 0.6 is 0 Å². The van der Waals surface area contributed by atoms with Crippen molar-refractivity contribution >= 4 is 21.6 Å². The molecule has 186 valence electrons. The number of carbonyl (C=O) groups is 1. The minimum Gasteiger partial charge on any atom is -0.497 e. The average Bonchev–Trinajstić information content (AvgIpc) is 2.87. The van der Waals surface area contributed by atoms with Crippen LogP contribution in [0.15, 0.2) is 72.8 Å². The van der Waals surface area contributed by atoms with E-state index in [0.717, 1.165) is 11.8 Å². The Balaban J connectivity index is 1.61. The van der Waals surface area contributed by atoms with E-state index in [-0.39, 0.29) is 12.5 Å². The molecule has 0 saturated heterocycles. The molecule has 0 saturated carbocycles. The van der Waals surface area contributed by atoms with Crippen molar-refractivity contribution < 1.29 is 27.4 Å². The number of benzene rings is 3. The van der Waals surface area contributed by atoms with Crippen LogP contribution in [0.1, 0.15) is 21.5 Å². The Bertz CT molecular complexity index is 1210. The van der Waals surface area contributed by atoms with Crippen molar-refractivity contribution in [3.05, 3.63) is 89.5 Å². The summed E-state index contributed by atoms with van der Waals surface area (Å²) in [5.41, 5.74) is 2.63. The molecule has 8 nitrogen and oxygen atoms in total. The molecule has 0 heterocycles. The molecular weight excluding hydrogens is 468 g/mol. The Labute approximate surface area is 206 Å². The number of nitrogens with one attached hydrogen (secondary N) is 1. The van der Waals surface area contributed by atoms with Crippen molar-refractivity contribution in [3.8, 4) is 11.5 Å². The fourth-order valence-corrected chi connectivity index (χ4v) is 4.29. The van der Waals surface area contributed by atoms with Gasteiger partial charge in [-0.1, -0.05) is 42.5 Å². The molecule has 0 unspecified atom stereocenters. The van der Waals surface area contributed by atoms with Crippen molar-refractivity contribution in [1.29, 1.82) is 0 Å². The number of methoxy groups -OCH3 is 2. The lowest BCUT2D eigenvalue weighted by Gasteiger charge is -2.25. The molecule has 3 rings (SSSR count). The lowest BCUT2D eigenvalue weighted by Crippen LogP contribution is -2.30. The Morgan fingerprint density at radius 3 is 2.26 bits per heavy atom. The standard InChI is InChI=1S/C26H30N2O6S/c1-32-23-13-14-25(33-2)24(17-23)28(35(3,30)31)18-20-9-11-22(12-10-20)26(29)27-15-16-34-19-21-7-5-4-6-8-21/h4-14,17H,15-16,18-19H2,1-3H3,(H,27,29). The van der Waals surface area contributed by atoms with Crippen molar-refractivity contribution in [2.24, 2.45) is 0 Å². The number of nitrogens with zero attached hydrogens (tertiary/aromatic N) is 1. The third kappa shape index (κ3) is 7.46. The Kier molecular flexibility index (Phi) is 9.11. The number of amides is 1. The van der Waals surface area contributed by atoms with E-state index in [0.29, 0.717) is 48.1 Å². The molecule has 0 aliphatic carbocycles. The van der Waals surface area contributed by atoms with Gasteiger partial charge in [-0.15, -0.1) is 0 Å². The summed E-state index contributed by atoms with van der Waals surface area (Å²) >= 11 is 0. The molecule has 0 radical (unpaired) electrons. The lowest BCUT2D eigenvalue weighted by atomic mass is 10.1. The minimum absolute atomic E-state index is 0.0670. The summed E-state index contributed by atoms with van der Waals surface area (Å²) in [5, 5.41) is 2.82. The smallest absolute Gasteiger partial charge is 0.251 e. The minimum atomic E-state index is -3.63. The summed E-state index contributed by atoms with van der Waals surface area (Å²) < 4.78 is 42.6. The first-order chi connectivity index (χ1) is 16.8. The Morgan fingerprint density at radius 2 is 1.63 bits per heavy atom. The van der Waals surface area contributed by atoms with Gasteiger partial charge in [0.1, 0.15) is 11.5 Å². The molecule has 3 aromatic carbocycles. The highest BCUT2D eigenvalue weighted by Crippen LogP contribution is 2.34. The third-order valence-corrected chi connectivity index (χ3v) is 6.37. The van der Waals surface area contributed by atoms with E-state index in [2.05, 4.69) is 5.32 Å². The highest BCUT2D eigenvalue weighted by molar-refractivity contribution is 7.92. The lowest BCUT2D eigenvalue weighted by molar-refractivity contribution is 0.0901. The highest BCUT2D eigenvalue weighted by Gasteiger charge is 2.22. The van der Waals surface area contributed by atoms with Gasteiger partial charge < -0.3 is 19.5 Å². The highest BCUT2D eigenvalue weighted by atomic mass is 32.2. The van der Waals surface area contributed by atoms with Gasteiger partial charge >= 0.3 is 0 Å². The van der Waals surface area contributed by atoms with Crippen LogP contribution in [0.5, 0.6) is 11.5 Å². The molecule has 1 amide bonds. The second-order valence-electron chi connectivity index (χ2n) is 7.80. The zero-order valence-electron chi connectivity index (χ0n) is 20.1. The van der Waals surface area contributed by atoms with Crippen LogP contribution in [0.25, 0.3) is 0 Å². The van der Waals surface area contributed by atoms with Crippen LogP contribution in [-0.2, 0) is 27.9 Å². The van der Waals surface area contributed by atoms with Gasteiger partial charge in [0.15, 0.2) is 0 Å². The number of rotatable bonds is 12. The molecule has 0 atom stereocenters. The van der Waals surface area contributed by atoms with Crippen molar-refractivity contribution in [2.45, 2.75) is 13.2 Å². The number of sulfonamides is 1. The monoisotopic (exact) mass is 498 g/mol. The van der Waals surface area contributed by atoms with Gasteiger partial charge in [0.25, 0.3) is 5.91 Å². The van der Waals surface area contributed by atoms with Crippen LogP contribution in [0.3, 0.4) is 0 Å². The first kappa shape index (κ1) is 26.1. The van der Waals surface area contributed by atoms with Crippen LogP contribution in [0.4, 0.5) is 5.69 Å². The summed E-state index contributed by atoms with van der Waals surface area (Å²) in [5.74, 6) is 0.685. The first-order valence-corrected chi connectivity index (χ1v) is 12.8. The summed E-state index contributed by atoms with van der Waals surface area (Å²) in [7, 11) is -0.646. The molecule has 0 fully saturated rings. The quantitative estimate of drug-likeness (QED) is 0.384. The first-order valence-electron chi connectivity index (χ1n) is 11.0. The van der Waals surface area contributed by atoms with Crippen molar-refractivity contribution in [1.82, 2.24) is 5.32 Å². The van der Waals surface area contributed by atoms with E-state index in [1.807, 2.05) is 30.3 Å². The van der Waals surface area contributed by atoms with Gasteiger partial charge in [0.05, 0.1) is 45.9 Å². The SMILES string of the molecule is COc1ccc(OC)c(N(Cc2ccc(C(=O)NCCOCc3ccccc3)cc2)S(C)(=O)=O)c1. The fraction of sp³-hybridized carbons (Fsp3) is 0.269. The van der Waals surface area contributed by atoms with E-state index < -0.39 is 10.0 Å². The zero-order chi connectivity index (χ0) is 25.3. The van der Waals surface area contributed by atoms with Gasteiger partial charge in [-0.2, -0.15) is 0 Å². The van der Waals surface area contributed by atoms with Gasteiger partial charge in [-0.3, -0.25) is 9.10 Å². The van der Waals surface area contributed by atoms with E-state index in [1.54, 1.807) is 42.5 Å². The maximum atomic E-state index is 12.6. The third-order valence-electron chi connectivity index (χ3n) is 5.24. The van der Waals surface area contributed by atoms with E-state index in [1.165, 1.54) is 18.5 Å².